The quantitative estimate of drug-likeness (QED) is 0.348. The molecule has 6 nitrogen and oxygen atoms in total. The minimum absolute atomic E-state index is 0.00502. The predicted octanol–water partition coefficient (Wildman–Crippen LogP) is 2.59. The molecule has 21 heavy (non-hydrogen) atoms. The van der Waals surface area contributed by atoms with E-state index >= 15 is 0 Å². The van der Waals surface area contributed by atoms with Gasteiger partial charge in [0.05, 0.1) is 0 Å². The van der Waals surface area contributed by atoms with Crippen molar-refractivity contribution in [1.29, 1.82) is 0 Å². The molecule has 0 saturated carbocycles. The summed E-state index contributed by atoms with van der Waals surface area (Å²) in [6.07, 6.45) is 0. The molecule has 1 aromatic rings. The molecule has 0 amide bonds. The topological polar surface area (TPSA) is 78.9 Å². The number of carbonyl (C=O) groups excluding carboxylic acids is 3. The summed E-state index contributed by atoms with van der Waals surface area (Å²) in [4.78, 5) is 33.8. The van der Waals surface area contributed by atoms with Crippen molar-refractivity contribution in [1.82, 2.24) is 0 Å². The molecular formula is C12H9Br3O6. The lowest BCUT2D eigenvalue weighted by Crippen LogP contribution is -2.12. The van der Waals surface area contributed by atoms with Crippen molar-refractivity contribution in [3.05, 3.63) is 18.2 Å². The van der Waals surface area contributed by atoms with Gasteiger partial charge in [0.25, 0.3) is 0 Å². The Balaban J connectivity index is 3.03. The molecule has 0 unspecified atom stereocenters. The number of carbonyl (C=O) groups is 3. The Morgan fingerprint density at radius 2 is 0.905 bits per heavy atom. The summed E-state index contributed by atoms with van der Waals surface area (Å²) in [5.41, 5.74) is 0. The van der Waals surface area contributed by atoms with Crippen LogP contribution in [0.1, 0.15) is 0 Å². The summed E-state index contributed by atoms with van der Waals surface area (Å²) in [6.45, 7) is 0. The van der Waals surface area contributed by atoms with E-state index in [0.29, 0.717) is 0 Å². The van der Waals surface area contributed by atoms with Crippen LogP contribution in [0, 0.1) is 0 Å². The van der Waals surface area contributed by atoms with Crippen LogP contribution in [-0.4, -0.2) is 33.9 Å². The first kappa shape index (κ1) is 18.1. The van der Waals surface area contributed by atoms with Crippen LogP contribution >= 0.6 is 47.8 Å². The molecule has 0 aliphatic heterocycles. The molecule has 9 heteroatoms. The molecule has 0 heterocycles. The zero-order valence-electron chi connectivity index (χ0n) is 10.4. The third-order valence-electron chi connectivity index (χ3n) is 1.88. The van der Waals surface area contributed by atoms with Crippen LogP contribution in [0.4, 0.5) is 0 Å². The van der Waals surface area contributed by atoms with Crippen molar-refractivity contribution in [3.8, 4) is 17.2 Å². The minimum Gasteiger partial charge on any atom is -0.426 e. The van der Waals surface area contributed by atoms with Crippen molar-refractivity contribution in [2.75, 3.05) is 16.0 Å². The second-order valence-corrected chi connectivity index (χ2v) is 5.15. The maximum atomic E-state index is 11.3. The van der Waals surface area contributed by atoms with E-state index in [0.717, 1.165) is 0 Å². The maximum absolute atomic E-state index is 11.3. The number of halogens is 3. The number of hydrogen-bond donors (Lipinski definition) is 0. The highest BCUT2D eigenvalue weighted by Crippen LogP contribution is 2.28. The Hall–Kier alpha value is -0.930. The average molecular weight is 489 g/mol. The first-order valence-corrected chi connectivity index (χ1v) is 8.80. The van der Waals surface area contributed by atoms with Gasteiger partial charge in [0.1, 0.15) is 33.2 Å². The standard InChI is InChI=1S/C12H9Br3O6/c13-4-10(16)19-7-1-8(20-11(17)5-14)3-9(2-7)21-12(18)6-15/h1-3H,4-6H2. The van der Waals surface area contributed by atoms with Gasteiger partial charge in [-0.15, -0.1) is 0 Å². The molecule has 0 saturated heterocycles. The predicted molar refractivity (Wildman–Crippen MR) is 84.7 cm³/mol. The summed E-state index contributed by atoms with van der Waals surface area (Å²) in [6, 6.07) is 4.02. The molecular weight excluding hydrogens is 480 g/mol. The fraction of sp³-hybridized carbons (Fsp3) is 0.250. The summed E-state index contributed by atoms with van der Waals surface area (Å²) in [7, 11) is 0. The third-order valence-corrected chi connectivity index (χ3v) is 3.25. The number of esters is 3. The van der Waals surface area contributed by atoms with Crippen LogP contribution in [0.15, 0.2) is 18.2 Å². The molecule has 114 valence electrons. The summed E-state index contributed by atoms with van der Waals surface area (Å²) >= 11 is 8.86. The lowest BCUT2D eigenvalue weighted by Gasteiger charge is -2.09. The van der Waals surface area contributed by atoms with Crippen molar-refractivity contribution in [2.45, 2.75) is 0 Å². The molecule has 1 rings (SSSR count). The number of rotatable bonds is 6. The molecule has 0 spiro atoms. The summed E-state index contributed by atoms with van der Waals surface area (Å²) < 4.78 is 15.0. The Bertz CT molecular complexity index is 457. The highest BCUT2D eigenvalue weighted by atomic mass is 79.9. The van der Waals surface area contributed by atoms with Gasteiger partial charge < -0.3 is 14.2 Å². The van der Waals surface area contributed by atoms with E-state index in [9.17, 15) is 14.4 Å². The lowest BCUT2D eigenvalue weighted by molar-refractivity contribution is -0.131. The van der Waals surface area contributed by atoms with E-state index in [2.05, 4.69) is 47.8 Å². The van der Waals surface area contributed by atoms with Crippen molar-refractivity contribution in [2.24, 2.45) is 0 Å². The van der Waals surface area contributed by atoms with Crippen LogP contribution in [0.25, 0.3) is 0 Å². The monoisotopic (exact) mass is 486 g/mol. The van der Waals surface area contributed by atoms with E-state index in [4.69, 9.17) is 14.2 Å². The van der Waals surface area contributed by atoms with E-state index in [1.165, 1.54) is 18.2 Å². The minimum atomic E-state index is -0.545. The van der Waals surface area contributed by atoms with Crippen LogP contribution in [0.2, 0.25) is 0 Å². The van der Waals surface area contributed by atoms with Crippen molar-refractivity contribution < 1.29 is 28.6 Å². The molecule has 0 radical (unpaired) electrons. The van der Waals surface area contributed by atoms with Gasteiger partial charge in [0, 0.05) is 18.2 Å². The maximum Gasteiger partial charge on any atom is 0.321 e. The molecule has 0 aliphatic carbocycles. The van der Waals surface area contributed by atoms with E-state index in [-0.39, 0.29) is 33.2 Å². The van der Waals surface area contributed by atoms with Crippen molar-refractivity contribution >= 4 is 65.7 Å². The highest BCUT2D eigenvalue weighted by Gasteiger charge is 2.12. The fourth-order valence-electron chi connectivity index (χ4n) is 1.20. The van der Waals surface area contributed by atoms with Gasteiger partial charge in [0.2, 0.25) is 0 Å². The Morgan fingerprint density at radius 3 is 1.10 bits per heavy atom. The second kappa shape index (κ2) is 9.16. The van der Waals surface area contributed by atoms with E-state index < -0.39 is 17.9 Å². The Labute approximate surface area is 145 Å². The zero-order chi connectivity index (χ0) is 15.8. The van der Waals surface area contributed by atoms with Gasteiger partial charge in [-0.05, 0) is 0 Å². The summed E-state index contributed by atoms with van der Waals surface area (Å²) in [5.74, 6) is -1.35. The van der Waals surface area contributed by atoms with Gasteiger partial charge in [-0.3, -0.25) is 14.4 Å². The number of hydrogen-bond acceptors (Lipinski definition) is 6. The molecule has 0 bridgehead atoms. The summed E-state index contributed by atoms with van der Waals surface area (Å²) in [5, 5.41) is -0.0151. The first-order chi connectivity index (χ1) is 9.98. The van der Waals surface area contributed by atoms with Gasteiger partial charge in [-0.2, -0.15) is 0 Å². The third kappa shape index (κ3) is 6.58. The zero-order valence-corrected chi connectivity index (χ0v) is 15.2. The normalized spacial score (nSPS) is 9.86. The molecule has 0 fully saturated rings. The number of alkyl halides is 3. The Kier molecular flexibility index (Phi) is 7.91. The van der Waals surface area contributed by atoms with Gasteiger partial charge in [-0.1, -0.05) is 47.8 Å². The van der Waals surface area contributed by atoms with Crippen LogP contribution in [-0.2, 0) is 14.4 Å². The molecule has 0 N–H and O–H groups in total. The average Bonchev–Trinajstić information content (AvgIpc) is 2.46. The number of ether oxygens (including phenoxy) is 3. The Morgan fingerprint density at radius 1 is 0.667 bits per heavy atom. The fourth-order valence-corrected chi connectivity index (χ4v) is 1.54. The van der Waals surface area contributed by atoms with Crippen LogP contribution < -0.4 is 14.2 Å². The van der Waals surface area contributed by atoms with E-state index in [1.54, 1.807) is 0 Å². The van der Waals surface area contributed by atoms with Gasteiger partial charge >= 0.3 is 17.9 Å². The highest BCUT2D eigenvalue weighted by molar-refractivity contribution is 9.09. The number of benzene rings is 1. The van der Waals surface area contributed by atoms with Gasteiger partial charge in [-0.25, -0.2) is 0 Å². The SMILES string of the molecule is O=C(CBr)Oc1cc(OC(=O)CBr)cc(OC(=O)CBr)c1. The second-order valence-electron chi connectivity index (χ2n) is 3.46. The molecule has 1 aromatic carbocycles. The van der Waals surface area contributed by atoms with E-state index in [1.807, 2.05) is 0 Å². The first-order valence-electron chi connectivity index (χ1n) is 5.43. The molecule has 0 aliphatic rings. The molecule has 0 aromatic heterocycles. The van der Waals surface area contributed by atoms with Gasteiger partial charge in [0.15, 0.2) is 0 Å². The largest absolute Gasteiger partial charge is 0.426 e. The lowest BCUT2D eigenvalue weighted by atomic mass is 10.3. The van der Waals surface area contributed by atoms with Crippen molar-refractivity contribution in [3.63, 3.8) is 0 Å². The van der Waals surface area contributed by atoms with Crippen LogP contribution in [0.5, 0.6) is 17.2 Å². The smallest absolute Gasteiger partial charge is 0.321 e. The molecule has 0 atom stereocenters. The van der Waals surface area contributed by atoms with Crippen LogP contribution in [0.3, 0.4) is 0 Å².